The van der Waals surface area contributed by atoms with E-state index in [-0.39, 0.29) is 16.3 Å². The van der Waals surface area contributed by atoms with E-state index >= 15 is 0 Å². The van der Waals surface area contributed by atoms with E-state index in [0.29, 0.717) is 11.3 Å². The summed E-state index contributed by atoms with van der Waals surface area (Å²) >= 11 is 7.55. The molecular formula is C20H18ClN3O3S. The summed E-state index contributed by atoms with van der Waals surface area (Å²) in [5, 5.41) is 10.9. The minimum Gasteiger partial charge on any atom is -0.316 e. The number of aryl methyl sites for hydroxylation is 1. The number of thiazole rings is 1. The molecule has 6 nitrogen and oxygen atoms in total. The maximum Gasteiger partial charge on any atom is 0.281 e. The second-order valence-corrected chi connectivity index (χ2v) is 7.43. The number of halogens is 1. The van der Waals surface area contributed by atoms with Crippen molar-refractivity contribution in [3.63, 3.8) is 0 Å². The normalized spacial score (nSPS) is 11.6. The van der Waals surface area contributed by atoms with E-state index in [0.717, 1.165) is 22.6 Å². The second kappa shape index (κ2) is 8.50. The van der Waals surface area contributed by atoms with Gasteiger partial charge in [0, 0.05) is 23.6 Å². The quantitative estimate of drug-likeness (QED) is 0.429. The standard InChI is InChI=1S/C20H18ClN3O3S/c1-3-17-18(13-8-6-5-7-9-13)23(4-2)20(28-17)22-19(25)15-11-10-14(24(26)27)12-16(15)21/h5-12H,3-4H2,1-2H3. The van der Waals surface area contributed by atoms with Crippen molar-refractivity contribution in [2.24, 2.45) is 4.99 Å². The van der Waals surface area contributed by atoms with Gasteiger partial charge in [-0.05, 0) is 25.0 Å². The summed E-state index contributed by atoms with van der Waals surface area (Å²) in [6, 6.07) is 13.7. The first-order valence-electron chi connectivity index (χ1n) is 8.77. The maximum atomic E-state index is 12.7. The maximum absolute atomic E-state index is 12.7. The molecule has 2 aromatic carbocycles. The fourth-order valence-corrected chi connectivity index (χ4v) is 4.33. The predicted octanol–water partition coefficient (Wildman–Crippen LogP) is 5.10. The molecule has 0 spiro atoms. The minimum atomic E-state index is -0.554. The van der Waals surface area contributed by atoms with Gasteiger partial charge in [-0.3, -0.25) is 14.9 Å². The van der Waals surface area contributed by atoms with Crippen LogP contribution in [0.4, 0.5) is 5.69 Å². The fourth-order valence-electron chi connectivity index (χ4n) is 2.93. The third-order valence-corrected chi connectivity index (χ3v) is 5.79. The van der Waals surface area contributed by atoms with Crippen molar-refractivity contribution in [3.05, 3.63) is 78.9 Å². The van der Waals surface area contributed by atoms with Gasteiger partial charge in [-0.25, -0.2) is 0 Å². The molecule has 28 heavy (non-hydrogen) atoms. The van der Waals surface area contributed by atoms with Crippen molar-refractivity contribution in [2.45, 2.75) is 26.8 Å². The molecule has 0 saturated heterocycles. The van der Waals surface area contributed by atoms with Gasteiger partial charge < -0.3 is 4.57 Å². The van der Waals surface area contributed by atoms with Crippen LogP contribution in [0.1, 0.15) is 29.1 Å². The van der Waals surface area contributed by atoms with Gasteiger partial charge in [0.1, 0.15) is 0 Å². The van der Waals surface area contributed by atoms with Gasteiger partial charge in [0.2, 0.25) is 0 Å². The Morgan fingerprint density at radius 1 is 1.21 bits per heavy atom. The van der Waals surface area contributed by atoms with E-state index in [4.69, 9.17) is 11.6 Å². The monoisotopic (exact) mass is 415 g/mol. The second-order valence-electron chi connectivity index (χ2n) is 5.96. The first kappa shape index (κ1) is 20.0. The highest BCUT2D eigenvalue weighted by Gasteiger charge is 2.17. The van der Waals surface area contributed by atoms with Gasteiger partial charge >= 0.3 is 0 Å². The predicted molar refractivity (Wildman–Crippen MR) is 111 cm³/mol. The van der Waals surface area contributed by atoms with Crippen LogP contribution in [0.5, 0.6) is 0 Å². The van der Waals surface area contributed by atoms with Crippen LogP contribution in [0.3, 0.4) is 0 Å². The number of benzene rings is 2. The molecule has 0 radical (unpaired) electrons. The van der Waals surface area contributed by atoms with Crippen LogP contribution in [0.25, 0.3) is 11.3 Å². The van der Waals surface area contributed by atoms with Crippen LogP contribution in [-0.4, -0.2) is 15.4 Å². The number of nitrogens with zero attached hydrogens (tertiary/aromatic N) is 3. The van der Waals surface area contributed by atoms with Crippen molar-refractivity contribution in [1.29, 1.82) is 0 Å². The van der Waals surface area contributed by atoms with Crippen molar-refractivity contribution >= 4 is 34.5 Å². The highest BCUT2D eigenvalue weighted by Crippen LogP contribution is 2.27. The van der Waals surface area contributed by atoms with Crippen molar-refractivity contribution in [1.82, 2.24) is 4.57 Å². The average Bonchev–Trinajstić information content (AvgIpc) is 3.05. The minimum absolute atomic E-state index is 0.0153. The van der Waals surface area contributed by atoms with Gasteiger partial charge in [0.05, 0.1) is 21.2 Å². The Balaban J connectivity index is 2.11. The van der Waals surface area contributed by atoms with E-state index in [1.54, 1.807) is 0 Å². The summed E-state index contributed by atoms with van der Waals surface area (Å²) in [6.45, 7) is 4.72. The number of non-ortho nitro benzene ring substituents is 1. The largest absolute Gasteiger partial charge is 0.316 e. The van der Waals surface area contributed by atoms with Crippen LogP contribution in [0.2, 0.25) is 5.02 Å². The Labute approximate surface area is 170 Å². The zero-order valence-corrected chi connectivity index (χ0v) is 17.0. The van der Waals surface area contributed by atoms with Crippen LogP contribution >= 0.6 is 22.9 Å². The molecule has 1 amide bonds. The number of nitro groups is 1. The molecule has 0 atom stereocenters. The fraction of sp³-hybridized carbons (Fsp3) is 0.200. The highest BCUT2D eigenvalue weighted by atomic mass is 35.5. The summed E-state index contributed by atoms with van der Waals surface area (Å²) in [5.74, 6) is -0.523. The van der Waals surface area contributed by atoms with Crippen LogP contribution in [0.15, 0.2) is 53.5 Å². The van der Waals surface area contributed by atoms with Crippen molar-refractivity contribution in [2.75, 3.05) is 0 Å². The SMILES string of the molecule is CCc1sc(=NC(=O)c2ccc([N+](=O)[O-])cc2Cl)n(CC)c1-c1ccccc1. The molecule has 0 aliphatic heterocycles. The molecule has 0 aliphatic rings. The average molecular weight is 416 g/mol. The van der Waals surface area contributed by atoms with E-state index in [9.17, 15) is 14.9 Å². The molecule has 0 saturated carbocycles. The molecule has 1 aromatic heterocycles. The number of amides is 1. The summed E-state index contributed by atoms with van der Waals surface area (Å²) in [5.41, 5.74) is 2.10. The number of hydrogen-bond acceptors (Lipinski definition) is 4. The first-order chi connectivity index (χ1) is 13.5. The van der Waals surface area contributed by atoms with Crippen LogP contribution in [0, 0.1) is 10.1 Å². The number of rotatable bonds is 5. The molecular weight excluding hydrogens is 398 g/mol. The molecule has 1 heterocycles. The third-order valence-electron chi connectivity index (χ3n) is 4.26. The first-order valence-corrected chi connectivity index (χ1v) is 9.96. The van der Waals surface area contributed by atoms with Crippen molar-refractivity contribution < 1.29 is 9.72 Å². The Morgan fingerprint density at radius 2 is 1.93 bits per heavy atom. The third kappa shape index (κ3) is 3.90. The van der Waals surface area contributed by atoms with E-state index in [2.05, 4.69) is 11.9 Å². The lowest BCUT2D eigenvalue weighted by molar-refractivity contribution is -0.384. The van der Waals surface area contributed by atoms with Gasteiger partial charge in [-0.2, -0.15) is 4.99 Å². The number of nitro benzene ring substituents is 1. The molecule has 0 unspecified atom stereocenters. The lowest BCUT2D eigenvalue weighted by Crippen LogP contribution is -2.17. The van der Waals surface area contributed by atoms with Gasteiger partial charge in [-0.1, -0.05) is 48.9 Å². The van der Waals surface area contributed by atoms with Crippen LogP contribution in [-0.2, 0) is 13.0 Å². The van der Waals surface area contributed by atoms with Crippen molar-refractivity contribution in [3.8, 4) is 11.3 Å². The number of carbonyl (C=O) groups is 1. The van der Waals surface area contributed by atoms with E-state index in [1.165, 1.54) is 29.5 Å². The molecule has 3 rings (SSSR count). The lowest BCUT2D eigenvalue weighted by Gasteiger charge is -2.08. The lowest BCUT2D eigenvalue weighted by atomic mass is 10.1. The smallest absolute Gasteiger partial charge is 0.281 e. The Bertz CT molecular complexity index is 1100. The topological polar surface area (TPSA) is 77.5 Å². The molecule has 0 fully saturated rings. The van der Waals surface area contributed by atoms with Gasteiger partial charge in [0.15, 0.2) is 4.80 Å². The molecule has 144 valence electrons. The van der Waals surface area contributed by atoms with E-state index < -0.39 is 10.8 Å². The highest BCUT2D eigenvalue weighted by molar-refractivity contribution is 7.09. The molecule has 0 aliphatic carbocycles. The number of hydrogen-bond donors (Lipinski definition) is 0. The Hall–Kier alpha value is -2.77. The summed E-state index contributed by atoms with van der Waals surface area (Å²) < 4.78 is 2.01. The molecule has 8 heteroatoms. The summed E-state index contributed by atoms with van der Waals surface area (Å²) in [6.07, 6.45) is 0.816. The zero-order chi connectivity index (χ0) is 20.3. The van der Waals surface area contributed by atoms with E-state index in [1.807, 2.05) is 41.8 Å². The summed E-state index contributed by atoms with van der Waals surface area (Å²) in [4.78, 5) is 29.0. The number of aromatic nitrogens is 1. The molecule has 0 bridgehead atoms. The van der Waals surface area contributed by atoms with Gasteiger partial charge in [0.25, 0.3) is 11.6 Å². The molecule has 3 aromatic rings. The molecule has 0 N–H and O–H groups in total. The Morgan fingerprint density at radius 3 is 2.50 bits per heavy atom. The van der Waals surface area contributed by atoms with Gasteiger partial charge in [-0.15, -0.1) is 11.3 Å². The Kier molecular flexibility index (Phi) is 6.06. The van der Waals surface area contributed by atoms with Crippen LogP contribution < -0.4 is 4.80 Å². The zero-order valence-electron chi connectivity index (χ0n) is 15.4. The summed E-state index contributed by atoms with van der Waals surface area (Å²) in [7, 11) is 0. The number of carbonyl (C=O) groups excluding carboxylic acids is 1.